The van der Waals surface area contributed by atoms with Crippen LogP contribution in [0.4, 0.5) is 4.39 Å². The van der Waals surface area contributed by atoms with E-state index < -0.39 is 0 Å². The molecule has 28 heavy (non-hydrogen) atoms. The van der Waals surface area contributed by atoms with Crippen LogP contribution in [-0.2, 0) is 9.53 Å². The van der Waals surface area contributed by atoms with Crippen molar-refractivity contribution >= 4 is 12.0 Å². The summed E-state index contributed by atoms with van der Waals surface area (Å²) in [4.78, 5) is 16.1. The Labute approximate surface area is 165 Å². The quantitative estimate of drug-likeness (QED) is 0.644. The Morgan fingerprint density at radius 2 is 2.04 bits per heavy atom. The maximum atomic E-state index is 13.4. The van der Waals surface area contributed by atoms with Crippen LogP contribution in [0.2, 0.25) is 0 Å². The fourth-order valence-corrected chi connectivity index (χ4v) is 4.93. The molecule has 2 saturated carbocycles. The van der Waals surface area contributed by atoms with Crippen molar-refractivity contribution in [1.82, 2.24) is 4.98 Å². The molecule has 0 saturated heterocycles. The van der Waals surface area contributed by atoms with Gasteiger partial charge in [-0.05, 0) is 54.5 Å². The van der Waals surface area contributed by atoms with E-state index in [9.17, 15) is 9.18 Å². The molecular weight excluding hydrogens is 353 g/mol. The highest BCUT2D eigenvalue weighted by Crippen LogP contribution is 2.47. The van der Waals surface area contributed by atoms with Crippen LogP contribution in [0.3, 0.4) is 0 Å². The highest BCUT2D eigenvalue weighted by molar-refractivity contribution is 5.66. The predicted octanol–water partition coefficient (Wildman–Crippen LogP) is 5.66. The van der Waals surface area contributed by atoms with Gasteiger partial charge in [-0.15, -0.1) is 0 Å². The van der Waals surface area contributed by atoms with Crippen molar-refractivity contribution in [3.05, 3.63) is 60.2 Å². The summed E-state index contributed by atoms with van der Waals surface area (Å²) in [5.41, 5.74) is 2.57. The second-order valence-corrected chi connectivity index (χ2v) is 8.01. The monoisotopic (exact) mass is 379 g/mol. The van der Waals surface area contributed by atoms with Crippen molar-refractivity contribution in [1.29, 1.82) is 0 Å². The second kappa shape index (κ2) is 8.26. The minimum atomic E-state index is -0.249. The van der Waals surface area contributed by atoms with Gasteiger partial charge in [0, 0.05) is 24.6 Å². The van der Waals surface area contributed by atoms with E-state index in [1.807, 2.05) is 24.3 Å². The highest BCUT2D eigenvalue weighted by Gasteiger charge is 2.44. The molecule has 0 aliphatic heterocycles. The summed E-state index contributed by atoms with van der Waals surface area (Å²) in [5.74, 6) is 1.08. The number of benzene rings is 1. The lowest BCUT2D eigenvalue weighted by atomic mass is 9.78. The summed E-state index contributed by atoms with van der Waals surface area (Å²) < 4.78 is 19.1. The summed E-state index contributed by atoms with van der Waals surface area (Å²) in [6.45, 7) is 1.50. The number of ether oxygens (including phenoxy) is 1. The maximum Gasteiger partial charge on any atom is 0.302 e. The summed E-state index contributed by atoms with van der Waals surface area (Å²) in [5, 5.41) is 0. The molecule has 146 valence electrons. The van der Waals surface area contributed by atoms with Crippen molar-refractivity contribution in [3.63, 3.8) is 0 Å². The molecule has 4 heteroatoms. The lowest BCUT2D eigenvalue weighted by Gasteiger charge is -2.28. The average Bonchev–Trinajstić information content (AvgIpc) is 3.03. The minimum absolute atomic E-state index is 0.0200. The molecule has 1 heterocycles. The van der Waals surface area contributed by atoms with Gasteiger partial charge in [0.25, 0.3) is 0 Å². The number of hydrogen-bond acceptors (Lipinski definition) is 3. The molecule has 0 N–H and O–H groups in total. The first-order chi connectivity index (χ1) is 13.6. The number of halogens is 1. The van der Waals surface area contributed by atoms with Crippen LogP contribution in [0.25, 0.3) is 17.2 Å². The van der Waals surface area contributed by atoms with Crippen LogP contribution in [0.15, 0.2) is 48.7 Å². The number of esters is 1. The van der Waals surface area contributed by atoms with E-state index in [0.29, 0.717) is 11.8 Å². The number of hydrogen-bond donors (Lipinski definition) is 0. The first-order valence-electron chi connectivity index (χ1n) is 10.2. The second-order valence-electron chi connectivity index (χ2n) is 8.01. The van der Waals surface area contributed by atoms with Gasteiger partial charge in [-0.3, -0.25) is 9.78 Å². The zero-order valence-corrected chi connectivity index (χ0v) is 16.2. The molecular formula is C24H26FNO2. The third-order valence-corrected chi connectivity index (χ3v) is 6.18. The fourth-order valence-electron chi connectivity index (χ4n) is 4.93. The number of carbonyl (C=O) groups excluding carboxylic acids is 1. The average molecular weight is 379 g/mol. The molecule has 2 aromatic rings. The van der Waals surface area contributed by atoms with E-state index in [4.69, 9.17) is 4.74 Å². The Bertz CT molecular complexity index is 861. The largest absolute Gasteiger partial charge is 0.462 e. The number of pyridine rings is 1. The van der Waals surface area contributed by atoms with Gasteiger partial charge in [-0.1, -0.05) is 43.5 Å². The van der Waals surface area contributed by atoms with Gasteiger partial charge in [0.05, 0.1) is 5.69 Å². The molecule has 1 aromatic heterocycles. The minimum Gasteiger partial charge on any atom is -0.462 e. The number of nitrogens with zero attached hydrogens (tertiary/aromatic N) is 1. The highest BCUT2D eigenvalue weighted by atomic mass is 19.1. The van der Waals surface area contributed by atoms with Crippen LogP contribution in [0.5, 0.6) is 0 Å². The Morgan fingerprint density at radius 1 is 1.18 bits per heavy atom. The molecule has 2 aliphatic rings. The number of rotatable bonds is 4. The molecule has 2 fully saturated rings. The van der Waals surface area contributed by atoms with E-state index in [1.54, 1.807) is 12.3 Å². The van der Waals surface area contributed by atoms with E-state index in [-0.39, 0.29) is 23.8 Å². The molecule has 0 unspecified atom stereocenters. The Morgan fingerprint density at radius 3 is 2.79 bits per heavy atom. The Balaban J connectivity index is 1.50. The summed E-state index contributed by atoms with van der Waals surface area (Å²) in [7, 11) is 0. The van der Waals surface area contributed by atoms with Crippen LogP contribution >= 0.6 is 0 Å². The third kappa shape index (κ3) is 4.16. The molecule has 2 aliphatic carbocycles. The van der Waals surface area contributed by atoms with Crippen molar-refractivity contribution in [2.24, 2.45) is 17.8 Å². The van der Waals surface area contributed by atoms with Gasteiger partial charge in [-0.2, -0.15) is 0 Å². The van der Waals surface area contributed by atoms with Crippen molar-refractivity contribution in [2.75, 3.05) is 0 Å². The first-order valence-corrected chi connectivity index (χ1v) is 10.2. The Hall–Kier alpha value is -2.49. The van der Waals surface area contributed by atoms with Crippen molar-refractivity contribution < 1.29 is 13.9 Å². The van der Waals surface area contributed by atoms with Crippen molar-refractivity contribution in [2.45, 2.75) is 45.1 Å². The molecule has 1 aromatic carbocycles. The topological polar surface area (TPSA) is 39.2 Å². The van der Waals surface area contributed by atoms with Gasteiger partial charge in [-0.25, -0.2) is 4.39 Å². The van der Waals surface area contributed by atoms with Crippen LogP contribution in [-0.4, -0.2) is 17.1 Å². The maximum absolute atomic E-state index is 13.4. The van der Waals surface area contributed by atoms with E-state index >= 15 is 0 Å². The zero-order valence-electron chi connectivity index (χ0n) is 16.2. The van der Waals surface area contributed by atoms with Crippen LogP contribution in [0.1, 0.15) is 44.7 Å². The zero-order chi connectivity index (χ0) is 19.5. The van der Waals surface area contributed by atoms with E-state index in [0.717, 1.165) is 23.2 Å². The lowest BCUT2D eigenvalue weighted by Crippen LogP contribution is -2.24. The number of carbonyl (C=O) groups is 1. The smallest absolute Gasteiger partial charge is 0.302 e. The van der Waals surface area contributed by atoms with E-state index in [2.05, 4.69) is 11.1 Å². The third-order valence-electron chi connectivity index (χ3n) is 6.18. The van der Waals surface area contributed by atoms with Gasteiger partial charge in [0.1, 0.15) is 11.9 Å². The Kier molecular flexibility index (Phi) is 5.56. The summed E-state index contributed by atoms with van der Waals surface area (Å²) in [6, 6.07) is 10.4. The molecule has 4 atom stereocenters. The van der Waals surface area contributed by atoms with Crippen LogP contribution < -0.4 is 0 Å². The molecule has 4 rings (SSSR count). The van der Waals surface area contributed by atoms with E-state index in [1.165, 1.54) is 44.7 Å². The molecule has 3 nitrogen and oxygen atoms in total. The predicted molar refractivity (Wildman–Crippen MR) is 108 cm³/mol. The number of fused-ring (bicyclic) bond motifs is 1. The molecule has 0 radical (unpaired) electrons. The summed E-state index contributed by atoms with van der Waals surface area (Å²) >= 11 is 0. The standard InChI is InChI=1S/C24H26FNO2/c1-16(27)28-24-14-18-5-2-3-8-22(18)23(24)12-11-21-10-9-19(15-26-21)17-6-4-7-20(25)13-17/h4,6-7,9-13,15,18,22-24H,2-3,5,8,14H2,1H3/t18-,22-,23+,24+/m1/s1. The normalized spacial score (nSPS) is 26.9. The summed E-state index contributed by atoms with van der Waals surface area (Å²) in [6.07, 6.45) is 12.0. The van der Waals surface area contributed by atoms with Gasteiger partial charge in [0.2, 0.25) is 0 Å². The van der Waals surface area contributed by atoms with Crippen LogP contribution in [0, 0.1) is 23.6 Å². The molecule has 0 bridgehead atoms. The van der Waals surface area contributed by atoms with Gasteiger partial charge in [0.15, 0.2) is 0 Å². The molecule has 0 amide bonds. The lowest BCUT2D eigenvalue weighted by molar-refractivity contribution is -0.147. The van der Waals surface area contributed by atoms with Crippen molar-refractivity contribution in [3.8, 4) is 11.1 Å². The first kappa shape index (κ1) is 18.9. The number of aromatic nitrogens is 1. The van der Waals surface area contributed by atoms with Gasteiger partial charge < -0.3 is 4.74 Å². The van der Waals surface area contributed by atoms with Gasteiger partial charge >= 0.3 is 5.97 Å². The SMILES string of the molecule is CC(=O)O[C@H]1C[C@H]2CCCC[C@H]2[C@@H]1C=Cc1ccc(-c2cccc(F)c2)cn1. The fraction of sp³-hybridized carbons (Fsp3) is 0.417. The molecule has 0 spiro atoms.